The Labute approximate surface area is 151 Å². The molecule has 0 saturated carbocycles. The number of rotatable bonds is 8. The van der Waals surface area contributed by atoms with Crippen LogP contribution in [0.3, 0.4) is 0 Å². The van der Waals surface area contributed by atoms with Crippen molar-refractivity contribution >= 4 is 11.8 Å². The zero-order chi connectivity index (χ0) is 18.2. The first kappa shape index (κ1) is 19.4. The van der Waals surface area contributed by atoms with Crippen LogP contribution in [-0.2, 0) is 16.1 Å². The van der Waals surface area contributed by atoms with Crippen LogP contribution in [0.5, 0.6) is 0 Å². The Balaban J connectivity index is 2.04. The van der Waals surface area contributed by atoms with E-state index in [2.05, 4.69) is 48.3 Å². The molecule has 1 aliphatic rings. The molecule has 5 nitrogen and oxygen atoms in total. The largest absolute Gasteiger partial charge is 0.353 e. The summed E-state index contributed by atoms with van der Waals surface area (Å²) in [5.41, 5.74) is 2.40. The number of nitrogens with zero attached hydrogens (tertiary/aromatic N) is 2. The van der Waals surface area contributed by atoms with Crippen molar-refractivity contribution in [2.45, 2.75) is 52.6 Å². The number of nitrogens with one attached hydrogen (secondary N) is 1. The van der Waals surface area contributed by atoms with E-state index in [0.29, 0.717) is 19.6 Å². The van der Waals surface area contributed by atoms with Gasteiger partial charge >= 0.3 is 0 Å². The Morgan fingerprint density at radius 2 is 2.00 bits per heavy atom. The third-order valence-electron chi connectivity index (χ3n) is 4.83. The Bertz CT molecular complexity index is 571. The number of benzene rings is 1. The van der Waals surface area contributed by atoms with Gasteiger partial charge in [0, 0.05) is 32.7 Å². The number of amides is 2. The zero-order valence-electron chi connectivity index (χ0n) is 15.8. The van der Waals surface area contributed by atoms with Crippen LogP contribution in [0.2, 0.25) is 0 Å². The molecular weight excluding hydrogens is 314 g/mol. The molecule has 1 aromatic carbocycles. The van der Waals surface area contributed by atoms with Gasteiger partial charge in [-0.3, -0.25) is 14.5 Å². The van der Waals surface area contributed by atoms with Crippen molar-refractivity contribution in [1.82, 2.24) is 15.1 Å². The second kappa shape index (κ2) is 9.56. The summed E-state index contributed by atoms with van der Waals surface area (Å²) in [5, 5.41) is 2.91. The molecule has 0 aliphatic carbocycles. The van der Waals surface area contributed by atoms with Crippen LogP contribution in [0.15, 0.2) is 24.3 Å². The molecule has 2 amide bonds. The number of piperazine rings is 1. The van der Waals surface area contributed by atoms with Gasteiger partial charge in [0.25, 0.3) is 0 Å². The van der Waals surface area contributed by atoms with Crippen molar-refractivity contribution in [2.24, 2.45) is 0 Å². The smallest absolute Gasteiger partial charge is 0.237 e. The van der Waals surface area contributed by atoms with Gasteiger partial charge in [0.05, 0.1) is 12.5 Å². The molecule has 1 atom stereocenters. The molecule has 1 heterocycles. The second-order valence-electron chi connectivity index (χ2n) is 6.79. The fraction of sp³-hybridized carbons (Fsp3) is 0.600. The van der Waals surface area contributed by atoms with Gasteiger partial charge in [-0.25, -0.2) is 0 Å². The van der Waals surface area contributed by atoms with E-state index in [0.717, 1.165) is 25.9 Å². The predicted molar refractivity (Wildman–Crippen MR) is 100 cm³/mol. The summed E-state index contributed by atoms with van der Waals surface area (Å²) in [5.74, 6) is 0.0464. The van der Waals surface area contributed by atoms with E-state index in [4.69, 9.17) is 0 Å². The fourth-order valence-electron chi connectivity index (χ4n) is 3.20. The van der Waals surface area contributed by atoms with Gasteiger partial charge in [-0.1, -0.05) is 43.2 Å². The predicted octanol–water partition coefficient (Wildman–Crippen LogP) is 2.33. The lowest BCUT2D eigenvalue weighted by atomic mass is 10.1. The molecule has 0 radical (unpaired) electrons. The lowest BCUT2D eigenvalue weighted by Crippen LogP contribution is -2.56. The first-order chi connectivity index (χ1) is 12.0. The van der Waals surface area contributed by atoms with Crippen molar-refractivity contribution in [3.63, 3.8) is 0 Å². The SMILES string of the molecule is CCCCN(CC)C(=O)C[C@H]1C(=O)NCCN1Cc1ccc(C)cc1. The van der Waals surface area contributed by atoms with Crippen LogP contribution in [0.25, 0.3) is 0 Å². The van der Waals surface area contributed by atoms with Gasteiger partial charge < -0.3 is 10.2 Å². The average molecular weight is 345 g/mol. The lowest BCUT2D eigenvalue weighted by molar-refractivity contribution is -0.139. The second-order valence-corrected chi connectivity index (χ2v) is 6.79. The Morgan fingerprint density at radius 3 is 2.64 bits per heavy atom. The van der Waals surface area contributed by atoms with Crippen molar-refractivity contribution in [1.29, 1.82) is 0 Å². The summed E-state index contributed by atoms with van der Waals surface area (Å²) in [4.78, 5) is 29.0. The van der Waals surface area contributed by atoms with Crippen LogP contribution in [0.4, 0.5) is 0 Å². The maximum absolute atomic E-state index is 12.7. The minimum absolute atomic E-state index is 0.0294. The van der Waals surface area contributed by atoms with Crippen molar-refractivity contribution < 1.29 is 9.59 Å². The molecule has 5 heteroatoms. The summed E-state index contributed by atoms with van der Waals surface area (Å²) >= 11 is 0. The average Bonchev–Trinajstić information content (AvgIpc) is 2.60. The minimum Gasteiger partial charge on any atom is -0.353 e. The van der Waals surface area contributed by atoms with Crippen LogP contribution in [0, 0.1) is 6.92 Å². The minimum atomic E-state index is -0.377. The molecule has 0 bridgehead atoms. The van der Waals surface area contributed by atoms with Crippen LogP contribution in [0.1, 0.15) is 44.2 Å². The van der Waals surface area contributed by atoms with Gasteiger partial charge in [-0.15, -0.1) is 0 Å². The maximum Gasteiger partial charge on any atom is 0.237 e. The van der Waals surface area contributed by atoms with Crippen LogP contribution in [-0.4, -0.2) is 53.8 Å². The third kappa shape index (κ3) is 5.56. The molecule has 1 aromatic rings. The first-order valence-corrected chi connectivity index (χ1v) is 9.40. The molecule has 25 heavy (non-hydrogen) atoms. The molecule has 1 saturated heterocycles. The molecule has 1 N–H and O–H groups in total. The maximum atomic E-state index is 12.7. The zero-order valence-corrected chi connectivity index (χ0v) is 15.8. The van der Waals surface area contributed by atoms with Gasteiger partial charge in [0.2, 0.25) is 11.8 Å². The monoisotopic (exact) mass is 345 g/mol. The summed E-state index contributed by atoms with van der Waals surface area (Å²) < 4.78 is 0. The molecule has 1 fully saturated rings. The van der Waals surface area contributed by atoms with Gasteiger partial charge in [0.1, 0.15) is 0 Å². The van der Waals surface area contributed by atoms with E-state index in [1.54, 1.807) is 0 Å². The first-order valence-electron chi connectivity index (χ1n) is 9.40. The van der Waals surface area contributed by atoms with E-state index >= 15 is 0 Å². The molecule has 0 unspecified atom stereocenters. The Kier molecular flexibility index (Phi) is 7.44. The molecule has 138 valence electrons. The fourth-order valence-corrected chi connectivity index (χ4v) is 3.20. The summed E-state index contributed by atoms with van der Waals surface area (Å²) in [7, 11) is 0. The van der Waals surface area contributed by atoms with Gasteiger partial charge in [-0.05, 0) is 25.8 Å². The van der Waals surface area contributed by atoms with E-state index in [9.17, 15) is 9.59 Å². The number of aryl methyl sites for hydroxylation is 1. The molecule has 1 aliphatic heterocycles. The lowest BCUT2D eigenvalue weighted by Gasteiger charge is -2.35. The highest BCUT2D eigenvalue weighted by Crippen LogP contribution is 2.16. The number of carbonyl (C=O) groups excluding carboxylic acids is 2. The van der Waals surface area contributed by atoms with Gasteiger partial charge in [0.15, 0.2) is 0 Å². The van der Waals surface area contributed by atoms with E-state index in [1.807, 2.05) is 11.8 Å². The molecule has 2 rings (SSSR count). The Morgan fingerprint density at radius 1 is 1.28 bits per heavy atom. The number of hydrogen-bond donors (Lipinski definition) is 1. The van der Waals surface area contributed by atoms with E-state index in [1.165, 1.54) is 11.1 Å². The highest BCUT2D eigenvalue weighted by atomic mass is 16.2. The Hall–Kier alpha value is -1.88. The number of hydrogen-bond acceptors (Lipinski definition) is 3. The standard InChI is InChI=1S/C20H31N3O2/c1-4-6-12-22(5-2)19(24)14-18-20(25)21-11-13-23(18)15-17-9-7-16(3)8-10-17/h7-10,18H,4-6,11-15H2,1-3H3,(H,21,25)/t18-/m0/s1. The molecule has 0 aromatic heterocycles. The quantitative estimate of drug-likeness (QED) is 0.787. The number of unbranched alkanes of at least 4 members (excludes halogenated alkanes) is 1. The number of carbonyl (C=O) groups is 2. The van der Waals surface area contributed by atoms with E-state index < -0.39 is 0 Å². The van der Waals surface area contributed by atoms with E-state index in [-0.39, 0.29) is 24.3 Å². The van der Waals surface area contributed by atoms with Crippen molar-refractivity contribution in [3.05, 3.63) is 35.4 Å². The van der Waals surface area contributed by atoms with Crippen LogP contribution < -0.4 is 5.32 Å². The normalized spacial score (nSPS) is 18.0. The van der Waals surface area contributed by atoms with Crippen LogP contribution >= 0.6 is 0 Å². The highest BCUT2D eigenvalue weighted by Gasteiger charge is 2.32. The molecular formula is C20H31N3O2. The highest BCUT2D eigenvalue weighted by molar-refractivity contribution is 5.88. The van der Waals surface area contributed by atoms with Crippen molar-refractivity contribution in [2.75, 3.05) is 26.2 Å². The topological polar surface area (TPSA) is 52.7 Å². The summed E-state index contributed by atoms with van der Waals surface area (Å²) in [6.07, 6.45) is 2.33. The molecule has 0 spiro atoms. The van der Waals surface area contributed by atoms with Crippen molar-refractivity contribution in [3.8, 4) is 0 Å². The summed E-state index contributed by atoms with van der Waals surface area (Å²) in [6.45, 7) is 9.78. The summed E-state index contributed by atoms with van der Waals surface area (Å²) in [6, 6.07) is 7.99. The third-order valence-corrected chi connectivity index (χ3v) is 4.83. The van der Waals surface area contributed by atoms with Gasteiger partial charge in [-0.2, -0.15) is 0 Å².